The molecule has 7 heteroatoms. The van der Waals surface area contributed by atoms with E-state index in [2.05, 4.69) is 29.1 Å². The molecule has 0 aliphatic rings. The van der Waals surface area contributed by atoms with Gasteiger partial charge in [-0.1, -0.05) is 25.4 Å². The topological polar surface area (TPSA) is 63.6 Å². The summed E-state index contributed by atoms with van der Waals surface area (Å²) in [6, 6.07) is 1.28. The molecule has 0 saturated carbocycles. The zero-order chi connectivity index (χ0) is 12.4. The van der Waals surface area contributed by atoms with Crippen LogP contribution in [0.4, 0.5) is 0 Å². The number of hydrogen-bond acceptors (Lipinski definition) is 4. The lowest BCUT2D eigenvalue weighted by Crippen LogP contribution is -2.14. The minimum Gasteiger partial charge on any atom is -0.286 e. The van der Waals surface area contributed by atoms with Crippen molar-refractivity contribution < 1.29 is 0 Å². The Morgan fingerprint density at radius 3 is 2.94 bits per heavy atom. The molecule has 5 nitrogen and oxygen atoms in total. The highest BCUT2D eigenvalue weighted by molar-refractivity contribution is 7.99. The average Bonchev–Trinajstić information content (AvgIpc) is 2.65. The van der Waals surface area contributed by atoms with Crippen molar-refractivity contribution in [2.24, 2.45) is 0 Å². The first kappa shape index (κ1) is 12.2. The molecule has 0 amide bonds. The summed E-state index contributed by atoms with van der Waals surface area (Å²) >= 11 is 7.30. The van der Waals surface area contributed by atoms with Crippen molar-refractivity contribution in [3.63, 3.8) is 0 Å². The lowest BCUT2D eigenvalue weighted by Gasteiger charge is -2.00. The summed E-state index contributed by atoms with van der Waals surface area (Å²) in [6.07, 6.45) is 3.48. The number of halogens is 1. The molecule has 0 spiro atoms. The van der Waals surface area contributed by atoms with E-state index in [-0.39, 0.29) is 16.4 Å². The summed E-state index contributed by atoms with van der Waals surface area (Å²) in [4.78, 5) is 12.6. The third-order valence-corrected chi connectivity index (χ3v) is 3.04. The van der Waals surface area contributed by atoms with E-state index in [0.717, 1.165) is 4.90 Å². The van der Waals surface area contributed by atoms with Crippen LogP contribution in [0.1, 0.15) is 13.8 Å². The molecule has 2 rings (SSSR count). The van der Waals surface area contributed by atoms with E-state index >= 15 is 0 Å². The molecule has 0 radical (unpaired) electrons. The SMILES string of the molecule is CC(C)Sc1cnn(-c2n[nH]c(Cl)cc2=O)c1. The number of aromatic amines is 1. The molecule has 0 aliphatic carbocycles. The molecule has 0 aromatic carbocycles. The summed E-state index contributed by atoms with van der Waals surface area (Å²) in [7, 11) is 0. The van der Waals surface area contributed by atoms with Crippen molar-refractivity contribution in [2.75, 3.05) is 0 Å². The average molecular weight is 271 g/mol. The van der Waals surface area contributed by atoms with Crippen LogP contribution in [-0.4, -0.2) is 25.2 Å². The van der Waals surface area contributed by atoms with Gasteiger partial charge in [-0.3, -0.25) is 9.89 Å². The normalized spacial score (nSPS) is 11.1. The van der Waals surface area contributed by atoms with Crippen LogP contribution in [0.25, 0.3) is 5.82 Å². The number of hydrogen-bond donors (Lipinski definition) is 1. The number of H-pyrrole nitrogens is 1. The van der Waals surface area contributed by atoms with Crippen LogP contribution >= 0.6 is 23.4 Å². The van der Waals surface area contributed by atoms with E-state index in [4.69, 9.17) is 11.6 Å². The summed E-state index contributed by atoms with van der Waals surface area (Å²) in [6.45, 7) is 4.19. The van der Waals surface area contributed by atoms with E-state index in [1.807, 2.05) is 0 Å². The molecule has 2 aromatic rings. The minimum atomic E-state index is -0.266. The number of thioether (sulfide) groups is 1. The van der Waals surface area contributed by atoms with Crippen molar-refractivity contribution in [2.45, 2.75) is 24.0 Å². The molecular formula is C10H11ClN4OS. The molecule has 0 unspecified atom stereocenters. The molecule has 2 heterocycles. The lowest BCUT2D eigenvalue weighted by molar-refractivity contribution is 0.804. The Balaban J connectivity index is 2.34. The molecular weight excluding hydrogens is 260 g/mol. The van der Waals surface area contributed by atoms with Gasteiger partial charge in [0.15, 0.2) is 0 Å². The molecule has 2 aromatic heterocycles. The predicted octanol–water partition coefficient (Wildman–Crippen LogP) is 2.11. The molecule has 0 atom stereocenters. The van der Waals surface area contributed by atoms with Crippen molar-refractivity contribution in [1.29, 1.82) is 0 Å². The molecule has 17 heavy (non-hydrogen) atoms. The predicted molar refractivity (Wildman–Crippen MR) is 68.0 cm³/mol. The highest BCUT2D eigenvalue weighted by Crippen LogP contribution is 2.22. The Morgan fingerprint density at radius 1 is 1.53 bits per heavy atom. The highest BCUT2D eigenvalue weighted by atomic mass is 35.5. The van der Waals surface area contributed by atoms with Gasteiger partial charge in [-0.15, -0.1) is 11.8 Å². The number of nitrogens with zero attached hydrogens (tertiary/aromatic N) is 3. The van der Waals surface area contributed by atoms with Gasteiger partial charge in [-0.2, -0.15) is 10.2 Å². The van der Waals surface area contributed by atoms with E-state index in [1.165, 1.54) is 10.7 Å². The number of aromatic nitrogens is 4. The number of nitrogens with one attached hydrogen (secondary N) is 1. The van der Waals surface area contributed by atoms with Crippen molar-refractivity contribution in [1.82, 2.24) is 20.0 Å². The summed E-state index contributed by atoms with van der Waals surface area (Å²) in [5.74, 6) is 0.213. The van der Waals surface area contributed by atoms with E-state index in [0.29, 0.717) is 5.25 Å². The standard InChI is InChI=1S/C10H11ClN4OS/c1-6(2)17-7-4-12-15(5-7)10-8(16)3-9(11)13-14-10/h3-6H,1-2H3,(H,13,16). The quantitative estimate of drug-likeness (QED) is 0.868. The first-order valence-electron chi connectivity index (χ1n) is 5.03. The Kier molecular flexibility index (Phi) is 3.54. The first-order chi connectivity index (χ1) is 8.06. The van der Waals surface area contributed by atoms with Gasteiger partial charge in [-0.05, 0) is 0 Å². The van der Waals surface area contributed by atoms with Gasteiger partial charge in [0.2, 0.25) is 11.2 Å². The van der Waals surface area contributed by atoms with E-state index in [1.54, 1.807) is 24.2 Å². The Hall–Kier alpha value is -1.27. The fraction of sp³-hybridized carbons (Fsp3) is 0.300. The van der Waals surface area contributed by atoms with Crippen LogP contribution in [0.5, 0.6) is 0 Å². The monoisotopic (exact) mass is 270 g/mol. The van der Waals surface area contributed by atoms with Gasteiger partial charge >= 0.3 is 0 Å². The third-order valence-electron chi connectivity index (χ3n) is 1.89. The smallest absolute Gasteiger partial charge is 0.227 e. The van der Waals surface area contributed by atoms with Crippen LogP contribution in [-0.2, 0) is 0 Å². The molecule has 0 aliphatic heterocycles. The van der Waals surface area contributed by atoms with E-state index in [9.17, 15) is 4.79 Å². The van der Waals surface area contributed by atoms with Gasteiger partial charge < -0.3 is 0 Å². The minimum absolute atomic E-state index is 0.211. The Bertz CT molecular complexity index is 578. The molecule has 0 bridgehead atoms. The van der Waals surface area contributed by atoms with Crippen LogP contribution in [0.2, 0.25) is 5.15 Å². The van der Waals surface area contributed by atoms with Gasteiger partial charge in [-0.25, -0.2) is 4.68 Å². The Labute approximate surface area is 107 Å². The summed E-state index contributed by atoms with van der Waals surface area (Å²) in [5, 5.41) is 11.2. The van der Waals surface area contributed by atoms with Crippen LogP contribution < -0.4 is 5.43 Å². The molecule has 0 saturated heterocycles. The Morgan fingerprint density at radius 2 is 2.29 bits per heavy atom. The first-order valence-corrected chi connectivity index (χ1v) is 6.29. The largest absolute Gasteiger partial charge is 0.286 e. The second-order valence-corrected chi connectivity index (χ2v) is 5.75. The van der Waals surface area contributed by atoms with E-state index < -0.39 is 0 Å². The maximum Gasteiger partial charge on any atom is 0.227 e. The van der Waals surface area contributed by atoms with Gasteiger partial charge in [0, 0.05) is 22.4 Å². The lowest BCUT2D eigenvalue weighted by atomic mass is 10.5. The zero-order valence-corrected chi connectivity index (χ0v) is 10.9. The molecule has 90 valence electrons. The van der Waals surface area contributed by atoms with Crippen LogP contribution in [0.15, 0.2) is 28.2 Å². The number of rotatable bonds is 3. The second-order valence-electron chi connectivity index (χ2n) is 3.69. The molecule has 0 fully saturated rings. The third kappa shape index (κ3) is 2.89. The maximum atomic E-state index is 11.6. The molecule has 1 N–H and O–H groups in total. The zero-order valence-electron chi connectivity index (χ0n) is 9.35. The second kappa shape index (κ2) is 4.93. The van der Waals surface area contributed by atoms with Gasteiger partial charge in [0.05, 0.1) is 6.20 Å². The highest BCUT2D eigenvalue weighted by Gasteiger charge is 2.08. The summed E-state index contributed by atoms with van der Waals surface area (Å²) < 4.78 is 1.44. The van der Waals surface area contributed by atoms with Crippen LogP contribution in [0, 0.1) is 0 Å². The van der Waals surface area contributed by atoms with Crippen molar-refractivity contribution in [3.8, 4) is 5.82 Å². The van der Waals surface area contributed by atoms with Crippen LogP contribution in [0.3, 0.4) is 0 Å². The fourth-order valence-electron chi connectivity index (χ4n) is 1.29. The van der Waals surface area contributed by atoms with Gasteiger partial charge in [0.1, 0.15) is 5.15 Å². The maximum absolute atomic E-state index is 11.6. The van der Waals surface area contributed by atoms with Gasteiger partial charge in [0.25, 0.3) is 0 Å². The summed E-state index contributed by atoms with van der Waals surface area (Å²) in [5.41, 5.74) is -0.266. The fourth-order valence-corrected chi connectivity index (χ4v) is 2.25. The van der Waals surface area contributed by atoms with Crippen molar-refractivity contribution in [3.05, 3.63) is 33.8 Å². The van der Waals surface area contributed by atoms with Crippen molar-refractivity contribution >= 4 is 23.4 Å².